The maximum Gasteiger partial charge on any atom is 0.283 e. The van der Waals surface area contributed by atoms with E-state index in [1.165, 1.54) is 41.5 Å². The SMILES string of the molecule is O=C(Cc1ccc(Cl)cc1)Nn1cnc2c(cnn2-c2ccc(F)cc2)c1=O. The van der Waals surface area contributed by atoms with Crippen molar-refractivity contribution in [1.29, 1.82) is 0 Å². The molecule has 0 fully saturated rings. The van der Waals surface area contributed by atoms with E-state index in [0.717, 1.165) is 10.2 Å². The first kappa shape index (κ1) is 17.9. The summed E-state index contributed by atoms with van der Waals surface area (Å²) in [5.41, 5.74) is 3.66. The van der Waals surface area contributed by atoms with Crippen molar-refractivity contribution >= 4 is 28.5 Å². The first-order chi connectivity index (χ1) is 13.5. The highest BCUT2D eigenvalue weighted by Crippen LogP contribution is 2.14. The van der Waals surface area contributed by atoms with Crippen LogP contribution in [0.4, 0.5) is 4.39 Å². The lowest BCUT2D eigenvalue weighted by Crippen LogP contribution is -2.34. The van der Waals surface area contributed by atoms with Crippen LogP contribution in [-0.2, 0) is 11.2 Å². The molecule has 28 heavy (non-hydrogen) atoms. The number of carbonyl (C=O) groups excluding carboxylic acids is 1. The van der Waals surface area contributed by atoms with Crippen LogP contribution in [-0.4, -0.2) is 25.3 Å². The van der Waals surface area contributed by atoms with Gasteiger partial charge in [0.1, 0.15) is 17.5 Å². The largest absolute Gasteiger partial charge is 0.283 e. The van der Waals surface area contributed by atoms with Crippen LogP contribution in [0, 0.1) is 5.82 Å². The monoisotopic (exact) mass is 397 g/mol. The molecule has 0 saturated heterocycles. The summed E-state index contributed by atoms with van der Waals surface area (Å²) < 4.78 is 15.5. The smallest absolute Gasteiger partial charge is 0.273 e. The number of fused-ring (bicyclic) bond motifs is 1. The summed E-state index contributed by atoms with van der Waals surface area (Å²) in [5.74, 6) is -0.754. The molecule has 2 aromatic carbocycles. The van der Waals surface area contributed by atoms with Crippen LogP contribution >= 0.6 is 11.6 Å². The van der Waals surface area contributed by atoms with Gasteiger partial charge < -0.3 is 0 Å². The molecule has 0 bridgehead atoms. The number of hydrogen-bond donors (Lipinski definition) is 1. The number of hydrogen-bond acceptors (Lipinski definition) is 4. The molecule has 2 heterocycles. The van der Waals surface area contributed by atoms with Crippen molar-refractivity contribution in [2.45, 2.75) is 6.42 Å². The molecule has 4 aromatic rings. The van der Waals surface area contributed by atoms with E-state index in [2.05, 4.69) is 15.5 Å². The van der Waals surface area contributed by atoms with Gasteiger partial charge in [-0.25, -0.2) is 18.7 Å². The lowest BCUT2D eigenvalue weighted by Gasteiger charge is -2.08. The Balaban J connectivity index is 1.60. The number of aromatic nitrogens is 4. The van der Waals surface area contributed by atoms with Gasteiger partial charge in [0.2, 0.25) is 5.91 Å². The van der Waals surface area contributed by atoms with Gasteiger partial charge in [0.25, 0.3) is 5.56 Å². The van der Waals surface area contributed by atoms with Gasteiger partial charge in [0, 0.05) is 5.02 Å². The Morgan fingerprint density at radius 1 is 1.11 bits per heavy atom. The lowest BCUT2D eigenvalue weighted by molar-refractivity contribution is -0.116. The standard InChI is InChI=1S/C19H13ClFN5O2/c20-13-3-1-12(2-4-13)9-17(27)24-25-11-22-18-16(19(25)28)10-23-26(18)15-7-5-14(21)6-8-15/h1-8,10-11H,9H2,(H,24,27). The van der Waals surface area contributed by atoms with E-state index in [0.29, 0.717) is 16.4 Å². The minimum absolute atomic E-state index is 0.0798. The van der Waals surface area contributed by atoms with Crippen molar-refractivity contribution in [3.05, 3.63) is 87.8 Å². The molecule has 140 valence electrons. The van der Waals surface area contributed by atoms with Crippen LogP contribution in [0.3, 0.4) is 0 Å². The van der Waals surface area contributed by atoms with Crippen LogP contribution in [0.2, 0.25) is 5.02 Å². The Morgan fingerprint density at radius 3 is 2.54 bits per heavy atom. The molecule has 0 spiro atoms. The maximum atomic E-state index is 13.1. The van der Waals surface area contributed by atoms with Crippen LogP contribution in [0.15, 0.2) is 65.8 Å². The normalized spacial score (nSPS) is 10.9. The van der Waals surface area contributed by atoms with Crippen molar-refractivity contribution in [1.82, 2.24) is 19.4 Å². The van der Waals surface area contributed by atoms with Gasteiger partial charge in [0.15, 0.2) is 5.65 Å². The number of nitrogens with zero attached hydrogens (tertiary/aromatic N) is 4. The highest BCUT2D eigenvalue weighted by Gasteiger charge is 2.13. The zero-order chi connectivity index (χ0) is 19.7. The Bertz CT molecular complexity index is 1220. The number of nitrogens with one attached hydrogen (secondary N) is 1. The molecule has 9 heteroatoms. The first-order valence-corrected chi connectivity index (χ1v) is 8.65. The van der Waals surface area contributed by atoms with Gasteiger partial charge in [0.05, 0.1) is 18.3 Å². The van der Waals surface area contributed by atoms with E-state index in [1.54, 1.807) is 24.3 Å². The highest BCUT2D eigenvalue weighted by molar-refractivity contribution is 6.30. The second-order valence-electron chi connectivity index (χ2n) is 6.03. The third-order valence-corrected chi connectivity index (χ3v) is 4.33. The summed E-state index contributed by atoms with van der Waals surface area (Å²) in [6, 6.07) is 12.5. The first-order valence-electron chi connectivity index (χ1n) is 8.27. The molecule has 0 atom stereocenters. The Morgan fingerprint density at radius 2 is 1.82 bits per heavy atom. The number of amides is 1. The van der Waals surface area contributed by atoms with Crippen molar-refractivity contribution in [2.75, 3.05) is 5.43 Å². The van der Waals surface area contributed by atoms with Crippen molar-refractivity contribution < 1.29 is 9.18 Å². The predicted molar refractivity (Wildman–Crippen MR) is 103 cm³/mol. The Labute approximate surface area is 163 Å². The van der Waals surface area contributed by atoms with Gasteiger partial charge >= 0.3 is 0 Å². The molecular weight excluding hydrogens is 385 g/mol. The van der Waals surface area contributed by atoms with Gasteiger partial charge in [-0.1, -0.05) is 23.7 Å². The Hall–Kier alpha value is -3.52. The molecule has 0 aliphatic carbocycles. The van der Waals surface area contributed by atoms with Crippen LogP contribution in [0.1, 0.15) is 5.56 Å². The number of halogens is 2. The lowest BCUT2D eigenvalue weighted by atomic mass is 10.1. The van der Waals surface area contributed by atoms with Crippen LogP contribution < -0.4 is 11.0 Å². The van der Waals surface area contributed by atoms with Gasteiger partial charge in [-0.2, -0.15) is 5.10 Å². The summed E-state index contributed by atoms with van der Waals surface area (Å²) in [7, 11) is 0. The van der Waals surface area contributed by atoms with E-state index >= 15 is 0 Å². The third kappa shape index (κ3) is 3.49. The average molecular weight is 398 g/mol. The second kappa shape index (κ2) is 7.24. The fraction of sp³-hybridized carbons (Fsp3) is 0.0526. The molecule has 1 N–H and O–H groups in total. The number of carbonyl (C=O) groups is 1. The maximum absolute atomic E-state index is 13.1. The highest BCUT2D eigenvalue weighted by atomic mass is 35.5. The molecule has 0 aliphatic heterocycles. The zero-order valence-electron chi connectivity index (χ0n) is 14.3. The van der Waals surface area contributed by atoms with Crippen LogP contribution in [0.25, 0.3) is 16.7 Å². The molecule has 1 amide bonds. The molecule has 2 aromatic heterocycles. The molecule has 0 aliphatic rings. The average Bonchev–Trinajstić information content (AvgIpc) is 3.11. The van der Waals surface area contributed by atoms with Gasteiger partial charge in [-0.05, 0) is 42.0 Å². The molecular formula is C19H13ClFN5O2. The number of benzene rings is 2. The molecule has 7 nitrogen and oxygen atoms in total. The zero-order valence-corrected chi connectivity index (χ0v) is 15.1. The summed E-state index contributed by atoms with van der Waals surface area (Å²) in [4.78, 5) is 29.1. The fourth-order valence-corrected chi connectivity index (χ4v) is 2.85. The summed E-state index contributed by atoms with van der Waals surface area (Å²) in [5, 5.41) is 4.94. The van der Waals surface area contributed by atoms with E-state index in [1.807, 2.05) is 0 Å². The van der Waals surface area contributed by atoms with Gasteiger partial charge in [-0.3, -0.25) is 15.0 Å². The predicted octanol–water partition coefficient (Wildman–Crippen LogP) is 2.69. The second-order valence-corrected chi connectivity index (χ2v) is 6.46. The summed E-state index contributed by atoms with van der Waals surface area (Å²) in [6.45, 7) is 0. The van der Waals surface area contributed by atoms with E-state index in [9.17, 15) is 14.0 Å². The topological polar surface area (TPSA) is 81.8 Å². The van der Waals surface area contributed by atoms with Gasteiger partial charge in [-0.15, -0.1) is 0 Å². The van der Waals surface area contributed by atoms with Crippen molar-refractivity contribution in [3.8, 4) is 5.69 Å². The van der Waals surface area contributed by atoms with Crippen molar-refractivity contribution in [2.24, 2.45) is 0 Å². The quantitative estimate of drug-likeness (QED) is 0.574. The number of rotatable bonds is 4. The van der Waals surface area contributed by atoms with E-state index in [4.69, 9.17) is 11.6 Å². The van der Waals surface area contributed by atoms with E-state index in [-0.39, 0.29) is 23.5 Å². The molecule has 0 unspecified atom stereocenters. The van der Waals surface area contributed by atoms with Crippen LogP contribution in [0.5, 0.6) is 0 Å². The summed E-state index contributed by atoms with van der Waals surface area (Å²) in [6.07, 6.45) is 2.65. The van der Waals surface area contributed by atoms with Crippen molar-refractivity contribution in [3.63, 3.8) is 0 Å². The molecule has 0 saturated carbocycles. The minimum atomic E-state index is -0.470. The van der Waals surface area contributed by atoms with E-state index < -0.39 is 5.56 Å². The summed E-state index contributed by atoms with van der Waals surface area (Å²) >= 11 is 5.83. The molecule has 4 rings (SSSR count). The minimum Gasteiger partial charge on any atom is -0.273 e. The third-order valence-electron chi connectivity index (χ3n) is 4.08. The fourth-order valence-electron chi connectivity index (χ4n) is 2.72. The Kier molecular flexibility index (Phi) is 4.62. The molecule has 0 radical (unpaired) electrons.